The number of hydrogen-bond donors (Lipinski definition) is 8. The van der Waals surface area contributed by atoms with Gasteiger partial charge in [-0.1, -0.05) is 61.5 Å². The molecule has 0 aliphatic heterocycles. The van der Waals surface area contributed by atoms with Crippen molar-refractivity contribution < 1.29 is 43.4 Å². The van der Waals surface area contributed by atoms with Crippen molar-refractivity contribution in [1.29, 1.82) is 0 Å². The number of rotatable bonds is 15. The molecule has 6 amide bonds. The van der Waals surface area contributed by atoms with Crippen molar-refractivity contribution in [3.05, 3.63) is 29.3 Å². The number of ether oxygens (including phenoxy) is 1. The summed E-state index contributed by atoms with van der Waals surface area (Å²) < 4.78 is 5.21. The summed E-state index contributed by atoms with van der Waals surface area (Å²) in [4.78, 5) is 79.9. The zero-order valence-electron chi connectivity index (χ0n) is 30.0. The number of primary amides is 1. The molecule has 1 rings (SSSR count). The molecule has 16 heteroatoms. The molecule has 0 bridgehead atoms. The maximum absolute atomic E-state index is 12.5. The summed E-state index contributed by atoms with van der Waals surface area (Å²) in [5.74, 6) is -3.36. The molecule has 0 radical (unpaired) electrons. The van der Waals surface area contributed by atoms with E-state index in [9.17, 15) is 33.6 Å². The van der Waals surface area contributed by atoms with Gasteiger partial charge < -0.3 is 47.5 Å². The molecule has 1 aromatic rings. The first-order valence-electron chi connectivity index (χ1n) is 15.8. The Morgan fingerprint density at radius 2 is 1.48 bits per heavy atom. The van der Waals surface area contributed by atoms with Crippen LogP contribution in [-0.4, -0.2) is 86.5 Å². The highest BCUT2D eigenvalue weighted by Crippen LogP contribution is 2.18. The Balaban J connectivity index is -0.00000121. The number of esters is 1. The highest BCUT2D eigenvalue weighted by atomic mass is 16.5. The second kappa shape index (κ2) is 28.5. The molecule has 0 heterocycles. The molecule has 0 aliphatic rings. The predicted molar refractivity (Wildman–Crippen MR) is 184 cm³/mol. The zero-order valence-corrected chi connectivity index (χ0v) is 30.0. The fraction of sp³-hybridized carbons (Fsp3) is 0.594. The van der Waals surface area contributed by atoms with Crippen LogP contribution in [0.2, 0.25) is 0 Å². The molecule has 0 saturated carbocycles. The van der Waals surface area contributed by atoms with E-state index in [1.807, 2.05) is 20.8 Å². The van der Waals surface area contributed by atoms with Gasteiger partial charge in [-0.05, 0) is 31.5 Å². The number of aliphatic carboxylic acids is 1. The molecule has 0 saturated heterocycles. The minimum Gasteiger partial charge on any atom is -0.481 e. The normalized spacial score (nSPS) is 10.2. The number of nitrogens with two attached hydrogens (primary N) is 1. The highest BCUT2D eigenvalue weighted by molar-refractivity contribution is 5.99. The molecule has 1 unspecified atom stereocenters. The lowest BCUT2D eigenvalue weighted by Gasteiger charge is -2.21. The first-order chi connectivity index (χ1) is 22.5. The summed E-state index contributed by atoms with van der Waals surface area (Å²) >= 11 is 0. The Morgan fingerprint density at radius 1 is 0.896 bits per heavy atom. The maximum atomic E-state index is 12.5. The lowest BCUT2D eigenvalue weighted by atomic mass is 10.0. The van der Waals surface area contributed by atoms with Crippen molar-refractivity contribution in [3.63, 3.8) is 0 Å². The fourth-order valence-corrected chi connectivity index (χ4v) is 3.09. The van der Waals surface area contributed by atoms with Crippen molar-refractivity contribution in [2.24, 2.45) is 17.6 Å². The third kappa shape index (κ3) is 23.6. The molecule has 9 N–H and O–H groups in total. The van der Waals surface area contributed by atoms with Gasteiger partial charge in [0, 0.05) is 36.8 Å². The lowest BCUT2D eigenvalue weighted by molar-refractivity contribution is -0.148. The second-order valence-electron chi connectivity index (χ2n) is 10.3. The minimum atomic E-state index is -0.790. The van der Waals surface area contributed by atoms with Crippen LogP contribution in [0, 0.1) is 11.8 Å². The summed E-state index contributed by atoms with van der Waals surface area (Å²) in [6.45, 7) is 14.9. The van der Waals surface area contributed by atoms with Crippen molar-refractivity contribution >= 4 is 47.3 Å². The van der Waals surface area contributed by atoms with Crippen LogP contribution in [0.3, 0.4) is 0 Å². The van der Waals surface area contributed by atoms with E-state index >= 15 is 0 Å². The molecule has 16 nitrogen and oxygen atoms in total. The van der Waals surface area contributed by atoms with Gasteiger partial charge >= 0.3 is 18.0 Å². The third-order valence-electron chi connectivity index (χ3n) is 5.58. The van der Waals surface area contributed by atoms with Crippen LogP contribution in [0.1, 0.15) is 84.2 Å². The predicted octanol–water partition coefficient (Wildman–Crippen LogP) is 1.73. The van der Waals surface area contributed by atoms with E-state index in [1.54, 1.807) is 53.8 Å². The van der Waals surface area contributed by atoms with Gasteiger partial charge in [-0.2, -0.15) is 0 Å². The van der Waals surface area contributed by atoms with E-state index in [-0.39, 0.29) is 49.4 Å². The molecule has 1 aromatic carbocycles. The van der Waals surface area contributed by atoms with Gasteiger partial charge in [-0.25, -0.2) is 4.79 Å². The van der Waals surface area contributed by atoms with E-state index in [2.05, 4.69) is 31.9 Å². The number of anilines is 1. The van der Waals surface area contributed by atoms with Gasteiger partial charge in [-0.3, -0.25) is 28.8 Å². The molecule has 0 aromatic heterocycles. The number of urea groups is 1. The Labute approximate surface area is 284 Å². The summed E-state index contributed by atoms with van der Waals surface area (Å²) in [7, 11) is 3.09. The van der Waals surface area contributed by atoms with Crippen molar-refractivity contribution in [2.45, 2.75) is 80.9 Å². The van der Waals surface area contributed by atoms with Gasteiger partial charge in [-0.15, -0.1) is 0 Å². The van der Waals surface area contributed by atoms with E-state index in [0.717, 1.165) is 6.42 Å². The molecule has 0 spiro atoms. The zero-order chi connectivity index (χ0) is 37.8. The van der Waals surface area contributed by atoms with Gasteiger partial charge in [0.2, 0.25) is 17.7 Å². The van der Waals surface area contributed by atoms with E-state index in [4.69, 9.17) is 15.6 Å². The number of likely N-dealkylation sites (N-methyl/N-ethyl adjacent to an activating group) is 1. The van der Waals surface area contributed by atoms with Gasteiger partial charge in [0.25, 0.3) is 5.91 Å². The molecular formula is C32H57N7O9. The number of carbonyl (C=O) groups excluding carboxylic acids is 6. The Morgan fingerprint density at radius 3 is 1.90 bits per heavy atom. The van der Waals surface area contributed by atoms with Crippen molar-refractivity contribution in [1.82, 2.24) is 26.6 Å². The number of carboxylic acid groups (broad SMARTS) is 1. The average Bonchev–Trinajstić information content (AvgIpc) is 3.05. The quantitative estimate of drug-likeness (QED) is 0.124. The summed E-state index contributed by atoms with van der Waals surface area (Å²) in [6, 6.07) is 3.38. The van der Waals surface area contributed by atoms with Crippen LogP contribution >= 0.6 is 0 Å². The standard InChI is InChI=1S/C23H35N5O6.C4H10N2O.C3H6O2.C2H6/c1-13(2)20(28-18(29)10-24-5)22(32)26-11-19(30)27-16-8-7-15(12-34-23(33)14(3)4)17(9-16)21(31)25-6;1-2-3-6-4(5)7;1-2-3(4)5;1-2/h7-9,13-14,20,24H,10-12H2,1-6H3,(H,25,31)(H,26,32)(H,27,30)(H,28,29);2-3H2,1H3,(H3,5,6,7);2H2,1H3,(H,4,5);1-2H3. The largest absolute Gasteiger partial charge is 0.481 e. The van der Waals surface area contributed by atoms with Crippen LogP contribution in [-0.2, 0) is 35.3 Å². The van der Waals surface area contributed by atoms with E-state index in [0.29, 0.717) is 17.8 Å². The highest BCUT2D eigenvalue weighted by Gasteiger charge is 2.24. The van der Waals surface area contributed by atoms with Crippen LogP contribution in [0.15, 0.2) is 18.2 Å². The first kappa shape index (κ1) is 47.7. The molecular weight excluding hydrogens is 626 g/mol. The monoisotopic (exact) mass is 683 g/mol. The summed E-state index contributed by atoms with van der Waals surface area (Å²) in [5, 5.41) is 23.1. The number of carboxylic acids is 1. The van der Waals surface area contributed by atoms with Gasteiger partial charge in [0.15, 0.2) is 0 Å². The smallest absolute Gasteiger partial charge is 0.312 e. The maximum Gasteiger partial charge on any atom is 0.312 e. The average molecular weight is 684 g/mol. The molecule has 0 fully saturated rings. The van der Waals surface area contributed by atoms with Crippen molar-refractivity contribution in [3.8, 4) is 0 Å². The SMILES string of the molecule is CC.CCC(=O)O.CCCNC(N)=O.CNCC(=O)NC(C(=O)NCC(=O)Nc1ccc(COC(=O)C(C)C)c(C(=O)NC)c1)C(C)C. The Hall–Kier alpha value is -4.73. The van der Waals surface area contributed by atoms with Crippen LogP contribution in [0.25, 0.3) is 0 Å². The molecule has 48 heavy (non-hydrogen) atoms. The molecule has 274 valence electrons. The number of benzene rings is 1. The number of hydrogen-bond acceptors (Lipinski definition) is 9. The van der Waals surface area contributed by atoms with Crippen molar-refractivity contribution in [2.75, 3.05) is 39.0 Å². The van der Waals surface area contributed by atoms with Crippen LogP contribution in [0.5, 0.6) is 0 Å². The van der Waals surface area contributed by atoms with E-state index in [1.165, 1.54) is 13.1 Å². The third-order valence-corrected chi connectivity index (χ3v) is 5.58. The number of nitrogens with one attached hydrogen (secondary N) is 6. The first-order valence-corrected chi connectivity index (χ1v) is 15.8. The second-order valence-corrected chi connectivity index (χ2v) is 10.3. The Kier molecular flexibility index (Phi) is 28.3. The van der Waals surface area contributed by atoms with Crippen LogP contribution in [0.4, 0.5) is 10.5 Å². The lowest BCUT2D eigenvalue weighted by Crippen LogP contribution is -2.52. The summed E-state index contributed by atoms with van der Waals surface area (Å²) in [5.41, 5.74) is 5.79. The van der Waals surface area contributed by atoms with Gasteiger partial charge in [0.1, 0.15) is 12.6 Å². The van der Waals surface area contributed by atoms with E-state index < -0.39 is 41.7 Å². The molecule has 0 aliphatic carbocycles. The number of carbonyl (C=O) groups is 7. The molecule has 1 atom stereocenters. The minimum absolute atomic E-state index is 0.0668. The fourth-order valence-electron chi connectivity index (χ4n) is 3.09. The van der Waals surface area contributed by atoms with Crippen LogP contribution < -0.4 is 37.6 Å². The summed E-state index contributed by atoms with van der Waals surface area (Å²) in [6.07, 6.45) is 1.16. The number of amides is 6. The Bertz CT molecular complexity index is 1160. The van der Waals surface area contributed by atoms with Gasteiger partial charge in [0.05, 0.1) is 19.0 Å². The topological polar surface area (TPSA) is 247 Å².